The molecule has 0 spiro atoms. The molecule has 1 unspecified atom stereocenters. The first-order valence-electron chi connectivity index (χ1n) is 8.97. The lowest BCUT2D eigenvalue weighted by Gasteiger charge is -2.31. The summed E-state index contributed by atoms with van der Waals surface area (Å²) in [6, 6.07) is 17.2. The zero-order valence-corrected chi connectivity index (χ0v) is 15.7. The number of hydrogen-bond acceptors (Lipinski definition) is 4. The van der Waals surface area contributed by atoms with Crippen molar-refractivity contribution < 1.29 is 9.53 Å². The van der Waals surface area contributed by atoms with E-state index in [-0.39, 0.29) is 18.6 Å². The van der Waals surface area contributed by atoms with Gasteiger partial charge in [0.25, 0.3) is 0 Å². The minimum atomic E-state index is -0.0881. The Morgan fingerprint density at radius 2 is 1.92 bits per heavy atom. The smallest absolute Gasteiger partial charge is 0.246 e. The summed E-state index contributed by atoms with van der Waals surface area (Å²) in [7, 11) is 5.61. The minimum Gasteiger partial charge on any atom is -0.378 e. The van der Waals surface area contributed by atoms with Gasteiger partial charge in [-0.15, -0.1) is 0 Å². The molecule has 0 aromatic heterocycles. The number of carbonyl (C=O) groups excluding carboxylic acids is 1. The zero-order valence-electron chi connectivity index (χ0n) is 15.7. The van der Waals surface area contributed by atoms with E-state index in [1.165, 1.54) is 23.9 Å². The van der Waals surface area contributed by atoms with Gasteiger partial charge in [0, 0.05) is 45.7 Å². The van der Waals surface area contributed by atoms with Crippen molar-refractivity contribution in [3.05, 3.63) is 59.7 Å². The topological polar surface area (TPSA) is 44.8 Å². The SMILES string of the molecule is COCC(=O)NCC(c1ccc(N(C)C)cc1)N1CCc2ccccc21. The second-order valence-corrected chi connectivity index (χ2v) is 6.81. The summed E-state index contributed by atoms with van der Waals surface area (Å²) in [6.07, 6.45) is 1.04. The van der Waals surface area contributed by atoms with Crippen molar-refractivity contribution in [3.8, 4) is 0 Å². The molecule has 1 aliphatic rings. The van der Waals surface area contributed by atoms with Gasteiger partial charge < -0.3 is 19.9 Å². The maximum atomic E-state index is 11.9. The number of ether oxygens (including phenoxy) is 1. The van der Waals surface area contributed by atoms with Gasteiger partial charge in [0.05, 0.1) is 6.04 Å². The van der Waals surface area contributed by atoms with E-state index in [0.29, 0.717) is 6.54 Å². The Labute approximate surface area is 155 Å². The number of methoxy groups -OCH3 is 1. The fourth-order valence-electron chi connectivity index (χ4n) is 3.48. The molecular formula is C21H27N3O2. The van der Waals surface area contributed by atoms with Crippen molar-refractivity contribution >= 4 is 17.3 Å². The first-order chi connectivity index (χ1) is 12.6. The van der Waals surface area contributed by atoms with Crippen molar-refractivity contribution in [1.29, 1.82) is 0 Å². The molecule has 0 radical (unpaired) electrons. The Morgan fingerprint density at radius 1 is 1.19 bits per heavy atom. The van der Waals surface area contributed by atoms with Crippen molar-refractivity contribution in [2.45, 2.75) is 12.5 Å². The molecule has 1 aliphatic heterocycles. The monoisotopic (exact) mass is 353 g/mol. The largest absolute Gasteiger partial charge is 0.378 e. The molecule has 3 rings (SSSR count). The van der Waals surface area contributed by atoms with E-state index in [2.05, 4.69) is 63.6 Å². The van der Waals surface area contributed by atoms with Crippen LogP contribution in [0.3, 0.4) is 0 Å². The highest BCUT2D eigenvalue weighted by Crippen LogP contribution is 2.35. The molecule has 1 atom stereocenters. The Kier molecular flexibility index (Phi) is 5.78. The quantitative estimate of drug-likeness (QED) is 0.831. The fourth-order valence-corrected chi connectivity index (χ4v) is 3.48. The zero-order chi connectivity index (χ0) is 18.5. The molecule has 1 N–H and O–H groups in total. The molecule has 1 heterocycles. The van der Waals surface area contributed by atoms with E-state index in [1.807, 2.05) is 14.1 Å². The summed E-state index contributed by atoms with van der Waals surface area (Å²) in [5.74, 6) is -0.0881. The normalized spacial score (nSPS) is 14.0. The van der Waals surface area contributed by atoms with Gasteiger partial charge in [-0.3, -0.25) is 4.79 Å². The maximum absolute atomic E-state index is 11.9. The van der Waals surface area contributed by atoms with E-state index in [4.69, 9.17) is 4.74 Å². The van der Waals surface area contributed by atoms with Gasteiger partial charge in [-0.05, 0) is 35.7 Å². The molecule has 26 heavy (non-hydrogen) atoms. The number of carbonyl (C=O) groups is 1. The summed E-state index contributed by atoms with van der Waals surface area (Å²) < 4.78 is 4.93. The molecule has 2 aromatic carbocycles. The highest BCUT2D eigenvalue weighted by Gasteiger charge is 2.27. The van der Waals surface area contributed by atoms with Crippen LogP contribution in [-0.2, 0) is 16.0 Å². The van der Waals surface area contributed by atoms with Crippen molar-refractivity contribution in [2.24, 2.45) is 0 Å². The molecule has 2 aromatic rings. The number of benzene rings is 2. The number of nitrogens with zero attached hydrogens (tertiary/aromatic N) is 2. The average Bonchev–Trinajstić information content (AvgIpc) is 3.07. The van der Waals surface area contributed by atoms with Crippen LogP contribution in [0.4, 0.5) is 11.4 Å². The van der Waals surface area contributed by atoms with Gasteiger partial charge in [-0.1, -0.05) is 30.3 Å². The summed E-state index contributed by atoms with van der Waals surface area (Å²) in [5.41, 5.74) is 4.99. The van der Waals surface area contributed by atoms with Gasteiger partial charge in [0.1, 0.15) is 6.61 Å². The van der Waals surface area contributed by atoms with Crippen molar-refractivity contribution in [3.63, 3.8) is 0 Å². The second-order valence-electron chi connectivity index (χ2n) is 6.81. The van der Waals surface area contributed by atoms with Crippen LogP contribution in [0.1, 0.15) is 17.2 Å². The molecule has 0 saturated heterocycles. The summed E-state index contributed by atoms with van der Waals surface area (Å²) in [6.45, 7) is 1.60. The fraction of sp³-hybridized carbons (Fsp3) is 0.381. The van der Waals surface area contributed by atoms with Crippen molar-refractivity contribution in [2.75, 3.05) is 50.7 Å². The molecule has 5 heteroatoms. The molecule has 0 bridgehead atoms. The number of hydrogen-bond donors (Lipinski definition) is 1. The average molecular weight is 353 g/mol. The van der Waals surface area contributed by atoms with E-state index in [9.17, 15) is 4.79 Å². The van der Waals surface area contributed by atoms with E-state index in [0.717, 1.165) is 18.7 Å². The van der Waals surface area contributed by atoms with Crippen LogP contribution in [0.25, 0.3) is 0 Å². The van der Waals surface area contributed by atoms with Gasteiger partial charge in [0.2, 0.25) is 5.91 Å². The van der Waals surface area contributed by atoms with Crippen LogP contribution in [0, 0.1) is 0 Å². The first kappa shape index (κ1) is 18.3. The van der Waals surface area contributed by atoms with Gasteiger partial charge in [0.15, 0.2) is 0 Å². The maximum Gasteiger partial charge on any atom is 0.246 e. The molecule has 5 nitrogen and oxygen atoms in total. The van der Waals surface area contributed by atoms with Gasteiger partial charge >= 0.3 is 0 Å². The number of nitrogens with one attached hydrogen (secondary N) is 1. The number of rotatable bonds is 7. The van der Waals surface area contributed by atoms with Crippen LogP contribution in [0.2, 0.25) is 0 Å². The van der Waals surface area contributed by atoms with Crippen molar-refractivity contribution in [1.82, 2.24) is 5.32 Å². The minimum absolute atomic E-state index is 0.0862. The number of para-hydroxylation sites is 1. The molecule has 0 fully saturated rings. The van der Waals surface area contributed by atoms with Crippen LogP contribution in [0.15, 0.2) is 48.5 Å². The Bertz CT molecular complexity index is 743. The predicted octanol–water partition coefficient (Wildman–Crippen LogP) is 2.62. The summed E-state index contributed by atoms with van der Waals surface area (Å²) >= 11 is 0. The molecule has 0 saturated carbocycles. The molecule has 0 aliphatic carbocycles. The summed E-state index contributed by atoms with van der Waals surface area (Å²) in [5, 5.41) is 3.01. The van der Waals surface area contributed by atoms with Gasteiger partial charge in [-0.2, -0.15) is 0 Å². The third-order valence-corrected chi connectivity index (χ3v) is 4.86. The number of anilines is 2. The van der Waals surface area contributed by atoms with Crippen LogP contribution in [-0.4, -0.2) is 46.8 Å². The van der Waals surface area contributed by atoms with Crippen LogP contribution >= 0.6 is 0 Å². The first-order valence-corrected chi connectivity index (χ1v) is 8.97. The lowest BCUT2D eigenvalue weighted by atomic mass is 10.0. The Balaban J connectivity index is 1.86. The molecular weight excluding hydrogens is 326 g/mol. The van der Waals surface area contributed by atoms with Crippen LogP contribution < -0.4 is 15.1 Å². The number of fused-ring (bicyclic) bond motifs is 1. The molecule has 1 amide bonds. The molecule has 138 valence electrons. The predicted molar refractivity (Wildman–Crippen MR) is 106 cm³/mol. The van der Waals surface area contributed by atoms with Gasteiger partial charge in [-0.25, -0.2) is 0 Å². The lowest BCUT2D eigenvalue weighted by molar-refractivity contribution is -0.124. The lowest BCUT2D eigenvalue weighted by Crippen LogP contribution is -2.38. The van der Waals surface area contributed by atoms with E-state index < -0.39 is 0 Å². The Morgan fingerprint density at radius 3 is 2.62 bits per heavy atom. The van der Waals surface area contributed by atoms with Crippen LogP contribution in [0.5, 0.6) is 0 Å². The highest BCUT2D eigenvalue weighted by molar-refractivity contribution is 5.77. The third kappa shape index (κ3) is 3.99. The van der Waals surface area contributed by atoms with E-state index in [1.54, 1.807) is 0 Å². The number of amides is 1. The third-order valence-electron chi connectivity index (χ3n) is 4.86. The highest BCUT2D eigenvalue weighted by atomic mass is 16.5. The Hall–Kier alpha value is -2.53. The second kappa shape index (κ2) is 8.23. The van der Waals surface area contributed by atoms with E-state index >= 15 is 0 Å². The summed E-state index contributed by atoms with van der Waals surface area (Å²) in [4.78, 5) is 16.4. The standard InChI is InChI=1S/C21H27N3O2/c1-23(2)18-10-8-17(9-11-18)20(14-22-21(25)15-26-3)24-13-12-16-6-4-5-7-19(16)24/h4-11,20H,12-15H2,1-3H3,(H,22,25).